The minimum atomic E-state index is -1.09. The van der Waals surface area contributed by atoms with Crippen molar-refractivity contribution in [2.75, 3.05) is 5.73 Å². The van der Waals surface area contributed by atoms with E-state index in [9.17, 15) is 13.6 Å². The van der Waals surface area contributed by atoms with E-state index in [1.807, 2.05) is 0 Å². The van der Waals surface area contributed by atoms with Crippen LogP contribution in [-0.4, -0.2) is 6.09 Å². The van der Waals surface area contributed by atoms with E-state index in [1.165, 1.54) is 18.2 Å². The van der Waals surface area contributed by atoms with Crippen LogP contribution in [0.3, 0.4) is 0 Å². The number of halogens is 2. The fourth-order valence-electron chi connectivity index (χ4n) is 1.65. The molecule has 0 spiro atoms. The molecule has 0 heterocycles. The molecule has 0 aliphatic heterocycles. The SMILES string of the molecule is NC(=O)Oc1cc(-c2ccccc2F)c(F)cc1N. The number of amides is 1. The topological polar surface area (TPSA) is 78.3 Å². The predicted molar refractivity (Wildman–Crippen MR) is 66.4 cm³/mol. The Morgan fingerprint density at radius 3 is 2.37 bits per heavy atom. The van der Waals surface area contributed by atoms with Crippen molar-refractivity contribution >= 4 is 11.8 Å². The summed E-state index contributed by atoms with van der Waals surface area (Å²) in [5.74, 6) is -1.44. The van der Waals surface area contributed by atoms with Crippen LogP contribution in [0.25, 0.3) is 11.1 Å². The number of hydrogen-bond donors (Lipinski definition) is 2. The quantitative estimate of drug-likeness (QED) is 0.818. The molecule has 0 aliphatic carbocycles. The number of carbonyl (C=O) groups excluding carboxylic acids is 1. The zero-order chi connectivity index (χ0) is 14.0. The van der Waals surface area contributed by atoms with Crippen molar-refractivity contribution in [2.45, 2.75) is 0 Å². The van der Waals surface area contributed by atoms with E-state index < -0.39 is 17.7 Å². The van der Waals surface area contributed by atoms with Gasteiger partial charge < -0.3 is 16.2 Å². The average molecular weight is 264 g/mol. The molecule has 2 aromatic carbocycles. The highest BCUT2D eigenvalue weighted by atomic mass is 19.1. The molecule has 4 nitrogen and oxygen atoms in total. The number of carbonyl (C=O) groups is 1. The van der Waals surface area contributed by atoms with Crippen LogP contribution in [0.2, 0.25) is 0 Å². The molecule has 1 amide bonds. The second-order valence-corrected chi connectivity index (χ2v) is 3.77. The van der Waals surface area contributed by atoms with E-state index in [4.69, 9.17) is 11.5 Å². The summed E-state index contributed by atoms with van der Waals surface area (Å²) >= 11 is 0. The molecule has 0 unspecified atom stereocenters. The van der Waals surface area contributed by atoms with Gasteiger partial charge in [0.1, 0.15) is 11.6 Å². The maximum absolute atomic E-state index is 13.8. The highest BCUT2D eigenvalue weighted by molar-refractivity contribution is 5.75. The summed E-state index contributed by atoms with van der Waals surface area (Å²) in [7, 11) is 0. The molecule has 0 aliphatic rings. The molecule has 0 aromatic heterocycles. The van der Waals surface area contributed by atoms with Gasteiger partial charge in [-0.15, -0.1) is 0 Å². The molecule has 0 saturated heterocycles. The van der Waals surface area contributed by atoms with E-state index in [0.717, 1.165) is 12.1 Å². The van der Waals surface area contributed by atoms with Gasteiger partial charge in [-0.1, -0.05) is 18.2 Å². The second-order valence-electron chi connectivity index (χ2n) is 3.77. The fourth-order valence-corrected chi connectivity index (χ4v) is 1.65. The van der Waals surface area contributed by atoms with Gasteiger partial charge in [-0.05, 0) is 12.1 Å². The van der Waals surface area contributed by atoms with Crippen molar-refractivity contribution in [3.05, 3.63) is 48.0 Å². The number of nitrogens with two attached hydrogens (primary N) is 2. The first-order valence-corrected chi connectivity index (χ1v) is 5.30. The number of anilines is 1. The Morgan fingerprint density at radius 1 is 1.05 bits per heavy atom. The number of hydrogen-bond acceptors (Lipinski definition) is 3. The Balaban J connectivity index is 2.58. The van der Waals surface area contributed by atoms with Crippen LogP contribution in [0.4, 0.5) is 19.3 Å². The third-order valence-electron chi connectivity index (χ3n) is 2.47. The lowest BCUT2D eigenvalue weighted by Gasteiger charge is -2.10. The van der Waals surface area contributed by atoms with Crippen LogP contribution in [0.1, 0.15) is 0 Å². The van der Waals surface area contributed by atoms with Gasteiger partial charge >= 0.3 is 6.09 Å². The van der Waals surface area contributed by atoms with Crippen molar-refractivity contribution in [2.24, 2.45) is 5.73 Å². The molecule has 2 rings (SSSR count). The molecule has 98 valence electrons. The molecular formula is C13H10F2N2O2. The normalized spacial score (nSPS) is 10.2. The monoisotopic (exact) mass is 264 g/mol. The molecule has 0 radical (unpaired) electrons. The van der Waals surface area contributed by atoms with Gasteiger partial charge in [-0.3, -0.25) is 0 Å². The Bertz CT molecular complexity index is 645. The Labute approximate surface area is 107 Å². The first kappa shape index (κ1) is 12.8. The van der Waals surface area contributed by atoms with Crippen LogP contribution in [-0.2, 0) is 0 Å². The van der Waals surface area contributed by atoms with Gasteiger partial charge in [-0.2, -0.15) is 0 Å². The molecule has 0 fully saturated rings. The van der Waals surface area contributed by atoms with Crippen molar-refractivity contribution < 1.29 is 18.3 Å². The van der Waals surface area contributed by atoms with Crippen LogP contribution < -0.4 is 16.2 Å². The standard InChI is InChI=1S/C13H10F2N2O2/c14-9-4-2-1-3-7(9)8-5-12(19-13(17)18)11(16)6-10(8)15/h1-6H,16H2,(H2,17,18). The predicted octanol–water partition coefficient (Wildman–Crippen LogP) is 2.67. The fraction of sp³-hybridized carbons (Fsp3) is 0. The van der Waals surface area contributed by atoms with E-state index >= 15 is 0 Å². The summed E-state index contributed by atoms with van der Waals surface area (Å²) in [6.45, 7) is 0. The summed E-state index contributed by atoms with van der Waals surface area (Å²) in [5, 5.41) is 0. The summed E-state index contributed by atoms with van der Waals surface area (Å²) < 4.78 is 32.1. The lowest BCUT2D eigenvalue weighted by atomic mass is 10.0. The third kappa shape index (κ3) is 2.62. The van der Waals surface area contributed by atoms with E-state index in [-0.39, 0.29) is 22.6 Å². The number of nitrogen functional groups attached to an aromatic ring is 1. The minimum absolute atomic E-state index is 0.0364. The van der Waals surface area contributed by atoms with Gasteiger partial charge in [0.05, 0.1) is 5.69 Å². The number of rotatable bonds is 2. The van der Waals surface area contributed by atoms with Crippen LogP contribution in [0, 0.1) is 11.6 Å². The van der Waals surface area contributed by atoms with Crippen molar-refractivity contribution in [1.29, 1.82) is 0 Å². The number of ether oxygens (including phenoxy) is 1. The van der Waals surface area contributed by atoms with Crippen molar-refractivity contribution in [1.82, 2.24) is 0 Å². The van der Waals surface area contributed by atoms with Gasteiger partial charge in [-0.25, -0.2) is 13.6 Å². The van der Waals surface area contributed by atoms with Gasteiger partial charge in [0.15, 0.2) is 5.75 Å². The molecule has 6 heteroatoms. The first-order chi connectivity index (χ1) is 8.99. The van der Waals surface area contributed by atoms with Crippen molar-refractivity contribution in [3.63, 3.8) is 0 Å². The average Bonchev–Trinajstić information content (AvgIpc) is 2.33. The van der Waals surface area contributed by atoms with Crippen molar-refractivity contribution in [3.8, 4) is 16.9 Å². The summed E-state index contributed by atoms with van der Waals surface area (Å²) in [6, 6.07) is 7.71. The van der Waals surface area contributed by atoms with Gasteiger partial charge in [0.2, 0.25) is 0 Å². The van der Waals surface area contributed by atoms with E-state index in [0.29, 0.717) is 0 Å². The molecule has 0 atom stereocenters. The maximum atomic E-state index is 13.8. The van der Waals surface area contributed by atoms with Gasteiger partial charge in [0.25, 0.3) is 0 Å². The highest BCUT2D eigenvalue weighted by Crippen LogP contribution is 2.33. The van der Waals surface area contributed by atoms with E-state index in [1.54, 1.807) is 6.07 Å². The third-order valence-corrected chi connectivity index (χ3v) is 2.47. The molecule has 19 heavy (non-hydrogen) atoms. The summed E-state index contributed by atoms with van der Waals surface area (Å²) in [4.78, 5) is 10.7. The smallest absolute Gasteiger partial charge is 0.408 e. The maximum Gasteiger partial charge on any atom is 0.410 e. The van der Waals surface area contributed by atoms with Crippen LogP contribution in [0.5, 0.6) is 5.75 Å². The van der Waals surface area contributed by atoms with Gasteiger partial charge in [0, 0.05) is 17.2 Å². The van der Waals surface area contributed by atoms with E-state index in [2.05, 4.69) is 4.74 Å². The summed E-state index contributed by atoms with van der Waals surface area (Å²) in [5.41, 5.74) is 10.2. The zero-order valence-corrected chi connectivity index (χ0v) is 9.69. The zero-order valence-electron chi connectivity index (χ0n) is 9.69. The molecular weight excluding hydrogens is 254 g/mol. The Hall–Kier alpha value is -2.63. The molecule has 4 N–H and O–H groups in total. The Kier molecular flexibility index (Phi) is 3.33. The lowest BCUT2D eigenvalue weighted by molar-refractivity contribution is 0.211. The number of primary amides is 1. The molecule has 0 saturated carbocycles. The minimum Gasteiger partial charge on any atom is -0.408 e. The second kappa shape index (κ2) is 4.93. The number of benzene rings is 2. The Morgan fingerprint density at radius 2 is 1.74 bits per heavy atom. The first-order valence-electron chi connectivity index (χ1n) is 5.30. The molecule has 0 bridgehead atoms. The lowest BCUT2D eigenvalue weighted by Crippen LogP contribution is -2.17. The highest BCUT2D eigenvalue weighted by Gasteiger charge is 2.14. The summed E-state index contributed by atoms with van der Waals surface area (Å²) in [6.07, 6.45) is -1.09. The largest absolute Gasteiger partial charge is 0.410 e. The van der Waals surface area contributed by atoms with Crippen LogP contribution >= 0.6 is 0 Å². The molecule has 2 aromatic rings. The van der Waals surface area contributed by atoms with Crippen LogP contribution in [0.15, 0.2) is 36.4 Å².